The first kappa shape index (κ1) is 12.4. The summed E-state index contributed by atoms with van der Waals surface area (Å²) in [6.45, 7) is 5.64. The van der Waals surface area contributed by atoms with E-state index in [4.69, 9.17) is 4.74 Å². The van der Waals surface area contributed by atoms with E-state index in [1.54, 1.807) is 0 Å². The fraction of sp³-hybridized carbons (Fsp3) is 0.529. The van der Waals surface area contributed by atoms with Crippen LogP contribution < -0.4 is 9.80 Å². The molecule has 1 N–H and O–H groups in total. The number of para-hydroxylation sites is 1. The van der Waals surface area contributed by atoms with Crippen LogP contribution in [0, 0.1) is 5.92 Å². The van der Waals surface area contributed by atoms with Gasteiger partial charge in [-0.05, 0) is 32.0 Å². The molecule has 1 unspecified atom stereocenters. The van der Waals surface area contributed by atoms with E-state index in [0.29, 0.717) is 0 Å². The number of nitrogens with zero attached hydrogens (tertiary/aromatic N) is 1. The summed E-state index contributed by atoms with van der Waals surface area (Å²) in [5.41, 5.74) is 2.82. The van der Waals surface area contributed by atoms with Gasteiger partial charge in [0, 0.05) is 24.0 Å². The summed E-state index contributed by atoms with van der Waals surface area (Å²) in [5, 5.41) is 3.48. The SMILES string of the molecule is C1=C2OCCC[N+]2(CC2CCNCC2)c2ccccc21. The highest BCUT2D eigenvalue weighted by molar-refractivity contribution is 5.75. The van der Waals surface area contributed by atoms with Gasteiger partial charge in [0.2, 0.25) is 0 Å². The molecule has 4 rings (SSSR count). The summed E-state index contributed by atoms with van der Waals surface area (Å²) in [6.07, 6.45) is 6.04. The van der Waals surface area contributed by atoms with Gasteiger partial charge >= 0.3 is 0 Å². The van der Waals surface area contributed by atoms with Crippen LogP contribution in [0.5, 0.6) is 0 Å². The average Bonchev–Trinajstić information content (AvgIpc) is 2.83. The number of hydrogen-bond acceptors (Lipinski definition) is 2. The predicted molar refractivity (Wildman–Crippen MR) is 82.1 cm³/mol. The van der Waals surface area contributed by atoms with Gasteiger partial charge in [0.15, 0.2) is 0 Å². The third kappa shape index (κ3) is 1.88. The Kier molecular flexibility index (Phi) is 3.04. The second kappa shape index (κ2) is 4.90. The Morgan fingerprint density at radius 1 is 1.20 bits per heavy atom. The van der Waals surface area contributed by atoms with Gasteiger partial charge in [-0.3, -0.25) is 0 Å². The van der Waals surface area contributed by atoms with Crippen molar-refractivity contribution in [1.82, 2.24) is 9.80 Å². The quantitative estimate of drug-likeness (QED) is 0.835. The van der Waals surface area contributed by atoms with Gasteiger partial charge in [-0.15, -0.1) is 0 Å². The van der Waals surface area contributed by atoms with Crippen molar-refractivity contribution >= 4 is 11.8 Å². The van der Waals surface area contributed by atoms with Crippen molar-refractivity contribution in [2.75, 3.05) is 32.8 Å². The van der Waals surface area contributed by atoms with Gasteiger partial charge < -0.3 is 10.1 Å². The minimum absolute atomic E-state index is 0.813. The normalized spacial score (nSPS) is 29.3. The van der Waals surface area contributed by atoms with Gasteiger partial charge in [0.1, 0.15) is 5.69 Å². The average molecular weight is 271 g/mol. The van der Waals surface area contributed by atoms with Crippen LogP contribution in [0.3, 0.4) is 0 Å². The lowest BCUT2D eigenvalue weighted by atomic mass is 9.95. The number of benzene rings is 1. The number of piperidine rings is 1. The lowest BCUT2D eigenvalue weighted by Crippen LogP contribution is -2.54. The largest absolute Gasteiger partial charge is 0.451 e. The van der Waals surface area contributed by atoms with Crippen LogP contribution in [-0.2, 0) is 4.74 Å². The number of fused-ring (bicyclic) bond motifs is 3. The Labute approximate surface area is 120 Å². The van der Waals surface area contributed by atoms with E-state index in [1.807, 2.05) is 0 Å². The summed E-state index contributed by atoms with van der Waals surface area (Å²) in [5.74, 6) is 2.00. The third-order valence-corrected chi connectivity index (χ3v) is 5.06. The molecule has 1 atom stereocenters. The Bertz CT molecular complexity index is 534. The van der Waals surface area contributed by atoms with Crippen molar-refractivity contribution in [2.45, 2.75) is 19.3 Å². The van der Waals surface area contributed by atoms with E-state index >= 15 is 0 Å². The van der Waals surface area contributed by atoms with Gasteiger partial charge in [0.25, 0.3) is 5.88 Å². The molecule has 3 aliphatic rings. The first-order chi connectivity index (χ1) is 9.88. The van der Waals surface area contributed by atoms with E-state index in [0.717, 1.165) is 23.4 Å². The maximum Gasteiger partial charge on any atom is 0.297 e. The molecule has 3 heterocycles. The fourth-order valence-corrected chi connectivity index (χ4v) is 4.07. The topological polar surface area (TPSA) is 21.3 Å². The first-order valence-corrected chi connectivity index (χ1v) is 7.91. The maximum absolute atomic E-state index is 6.05. The molecule has 2 fully saturated rings. The number of hydrogen-bond donors (Lipinski definition) is 1. The van der Waals surface area contributed by atoms with Crippen molar-refractivity contribution in [3.8, 4) is 0 Å². The zero-order chi connectivity index (χ0) is 13.4. The smallest absolute Gasteiger partial charge is 0.297 e. The van der Waals surface area contributed by atoms with Crippen molar-refractivity contribution in [1.29, 1.82) is 0 Å². The number of ether oxygens (including phenoxy) is 1. The maximum atomic E-state index is 6.05. The highest BCUT2D eigenvalue weighted by Gasteiger charge is 2.46. The van der Waals surface area contributed by atoms with Crippen molar-refractivity contribution in [3.63, 3.8) is 0 Å². The van der Waals surface area contributed by atoms with Crippen LogP contribution in [0.1, 0.15) is 24.8 Å². The van der Waals surface area contributed by atoms with Crippen molar-refractivity contribution in [2.24, 2.45) is 5.92 Å². The Morgan fingerprint density at radius 3 is 2.95 bits per heavy atom. The molecule has 2 saturated heterocycles. The number of rotatable bonds is 2. The number of nitrogens with one attached hydrogen (secondary N) is 1. The van der Waals surface area contributed by atoms with Crippen LogP contribution in [0.15, 0.2) is 30.1 Å². The zero-order valence-electron chi connectivity index (χ0n) is 12.0. The second-order valence-corrected chi connectivity index (χ2v) is 6.31. The van der Waals surface area contributed by atoms with Crippen LogP contribution in [0.2, 0.25) is 0 Å². The monoisotopic (exact) mass is 271 g/mol. The van der Waals surface area contributed by atoms with Gasteiger partial charge in [0.05, 0.1) is 25.8 Å². The van der Waals surface area contributed by atoms with Gasteiger partial charge in [-0.25, -0.2) is 4.48 Å². The second-order valence-electron chi connectivity index (χ2n) is 6.31. The molecule has 0 spiro atoms. The van der Waals surface area contributed by atoms with E-state index in [-0.39, 0.29) is 0 Å². The van der Waals surface area contributed by atoms with Gasteiger partial charge in [-0.2, -0.15) is 0 Å². The Hall–Kier alpha value is -1.32. The molecule has 106 valence electrons. The lowest BCUT2D eigenvalue weighted by Gasteiger charge is -2.41. The highest BCUT2D eigenvalue weighted by atomic mass is 16.5. The van der Waals surface area contributed by atoms with Crippen molar-refractivity contribution < 1.29 is 4.74 Å². The Balaban J connectivity index is 1.70. The molecular weight excluding hydrogens is 248 g/mol. The zero-order valence-corrected chi connectivity index (χ0v) is 12.0. The molecule has 1 aromatic rings. The summed E-state index contributed by atoms with van der Waals surface area (Å²) < 4.78 is 7.02. The first-order valence-electron chi connectivity index (χ1n) is 7.91. The Morgan fingerprint density at radius 2 is 2.05 bits per heavy atom. The summed E-state index contributed by atoms with van der Waals surface area (Å²) in [6, 6.07) is 8.84. The molecule has 0 bridgehead atoms. The van der Waals surface area contributed by atoms with Crippen molar-refractivity contribution in [3.05, 3.63) is 35.7 Å². The van der Waals surface area contributed by atoms with E-state index in [9.17, 15) is 0 Å². The molecule has 1 aromatic carbocycles. The lowest BCUT2D eigenvalue weighted by molar-refractivity contribution is 0.0617. The van der Waals surface area contributed by atoms with E-state index in [2.05, 4.69) is 35.7 Å². The van der Waals surface area contributed by atoms with E-state index in [1.165, 1.54) is 56.2 Å². The predicted octanol–water partition coefficient (Wildman–Crippen LogP) is 2.73. The summed E-state index contributed by atoms with van der Waals surface area (Å²) in [7, 11) is 0. The van der Waals surface area contributed by atoms with Crippen LogP contribution >= 0.6 is 0 Å². The van der Waals surface area contributed by atoms with Crippen LogP contribution in [-0.4, -0.2) is 32.8 Å². The highest BCUT2D eigenvalue weighted by Crippen LogP contribution is 2.44. The molecule has 0 radical (unpaired) electrons. The van der Waals surface area contributed by atoms with Crippen LogP contribution in [0.25, 0.3) is 6.08 Å². The molecule has 0 saturated carbocycles. The van der Waals surface area contributed by atoms with E-state index < -0.39 is 0 Å². The van der Waals surface area contributed by atoms with Crippen LogP contribution in [0.4, 0.5) is 5.69 Å². The minimum atomic E-state index is 0.813. The number of quaternary nitrogens is 1. The minimum Gasteiger partial charge on any atom is -0.451 e. The molecular formula is C17H23N2O+. The summed E-state index contributed by atoms with van der Waals surface area (Å²) in [4.78, 5) is 0. The standard InChI is InChI=1S/C17H23N2O/c1-2-5-16-15(4-1)12-17-19(16,10-3-11-20-17)13-14-6-8-18-9-7-14/h1-2,4-5,12,14,18H,3,6-11,13H2/q+1. The molecule has 3 heteroatoms. The molecule has 0 aliphatic carbocycles. The molecule has 3 nitrogen and oxygen atoms in total. The molecule has 0 aromatic heterocycles. The molecule has 3 aliphatic heterocycles. The third-order valence-electron chi connectivity index (χ3n) is 5.06. The fourth-order valence-electron chi connectivity index (χ4n) is 4.07. The molecule has 0 amide bonds. The summed E-state index contributed by atoms with van der Waals surface area (Å²) >= 11 is 0. The molecule has 20 heavy (non-hydrogen) atoms. The van der Waals surface area contributed by atoms with Gasteiger partial charge in [-0.1, -0.05) is 12.1 Å².